The zero-order valence-electron chi connectivity index (χ0n) is 16.7. The molecule has 1 fully saturated rings. The summed E-state index contributed by atoms with van der Waals surface area (Å²) in [5, 5.41) is 0. The fourth-order valence-electron chi connectivity index (χ4n) is 3.18. The van der Waals surface area contributed by atoms with Crippen molar-refractivity contribution in [2.75, 3.05) is 31.1 Å². The fourth-order valence-corrected chi connectivity index (χ4v) is 4.28. The van der Waals surface area contributed by atoms with Crippen LogP contribution in [0, 0.1) is 20.8 Å². The molecule has 3 rings (SSSR count). The molecule has 2 heterocycles. The normalized spacial score (nSPS) is 14.9. The first-order valence-corrected chi connectivity index (χ1v) is 11.1. The minimum Gasteiger partial charge on any atom is -0.476 e. The zero-order valence-corrected chi connectivity index (χ0v) is 17.6. The van der Waals surface area contributed by atoms with E-state index in [1.807, 2.05) is 32.9 Å². The highest BCUT2D eigenvalue weighted by molar-refractivity contribution is 7.89. The van der Waals surface area contributed by atoms with Crippen LogP contribution in [0.2, 0.25) is 0 Å². The first-order chi connectivity index (χ1) is 13.3. The van der Waals surface area contributed by atoms with Crippen LogP contribution in [0.25, 0.3) is 0 Å². The van der Waals surface area contributed by atoms with Gasteiger partial charge in [0.2, 0.25) is 15.9 Å². The van der Waals surface area contributed by atoms with E-state index in [2.05, 4.69) is 19.6 Å². The lowest BCUT2D eigenvalue weighted by molar-refractivity contribution is 0.309. The summed E-state index contributed by atoms with van der Waals surface area (Å²) < 4.78 is 33.1. The van der Waals surface area contributed by atoms with Gasteiger partial charge in [0.25, 0.3) is 0 Å². The summed E-state index contributed by atoms with van der Waals surface area (Å²) in [4.78, 5) is 11.3. The first-order valence-electron chi connectivity index (χ1n) is 9.65. The van der Waals surface area contributed by atoms with Crippen LogP contribution in [0.5, 0.6) is 5.88 Å². The zero-order chi connectivity index (χ0) is 20.1. The van der Waals surface area contributed by atoms with Crippen LogP contribution in [-0.4, -0.2) is 44.6 Å². The molecule has 0 bridgehead atoms. The van der Waals surface area contributed by atoms with Crippen molar-refractivity contribution < 1.29 is 13.2 Å². The average Bonchev–Trinajstić information content (AvgIpc) is 2.67. The number of sulfonamides is 1. The molecule has 7 nitrogen and oxygen atoms in total. The number of rotatable bonds is 7. The van der Waals surface area contributed by atoms with Gasteiger partial charge in [-0.3, -0.25) is 0 Å². The molecule has 0 amide bonds. The first kappa shape index (κ1) is 20.5. The molecule has 1 aromatic heterocycles. The van der Waals surface area contributed by atoms with Crippen molar-refractivity contribution in [3.8, 4) is 5.88 Å². The molecule has 1 N–H and O–H groups in total. The minimum atomic E-state index is -3.56. The number of nitrogens with zero attached hydrogens (tertiary/aromatic N) is 3. The van der Waals surface area contributed by atoms with Crippen LogP contribution in [-0.2, 0) is 10.0 Å². The lowest BCUT2D eigenvalue weighted by atomic mass is 10.1. The number of hydrogen-bond donors (Lipinski definition) is 1. The third-order valence-electron chi connectivity index (χ3n) is 4.91. The predicted octanol–water partition coefficient (Wildman–Crippen LogP) is 2.75. The molecule has 0 radical (unpaired) electrons. The Hall–Kier alpha value is -2.19. The molecule has 0 aliphatic carbocycles. The summed E-state index contributed by atoms with van der Waals surface area (Å²) in [5.41, 5.74) is 2.01. The van der Waals surface area contributed by atoms with Gasteiger partial charge >= 0.3 is 0 Å². The van der Waals surface area contributed by atoms with Crippen LogP contribution < -0.4 is 14.4 Å². The van der Waals surface area contributed by atoms with Gasteiger partial charge in [0.15, 0.2) is 0 Å². The van der Waals surface area contributed by atoms with Crippen LogP contribution in [0.15, 0.2) is 29.2 Å². The van der Waals surface area contributed by atoms with Gasteiger partial charge in [0.1, 0.15) is 18.2 Å². The number of aromatic nitrogens is 2. The van der Waals surface area contributed by atoms with E-state index in [-0.39, 0.29) is 18.0 Å². The Morgan fingerprint density at radius 1 is 1.04 bits per heavy atom. The van der Waals surface area contributed by atoms with E-state index in [9.17, 15) is 8.42 Å². The molecule has 0 spiro atoms. The maximum Gasteiger partial charge on any atom is 0.240 e. The van der Waals surface area contributed by atoms with Gasteiger partial charge in [-0.15, -0.1) is 0 Å². The highest BCUT2D eigenvalue weighted by Crippen LogP contribution is 2.21. The smallest absolute Gasteiger partial charge is 0.240 e. The van der Waals surface area contributed by atoms with Gasteiger partial charge in [-0.1, -0.05) is 6.07 Å². The summed E-state index contributed by atoms with van der Waals surface area (Å²) >= 11 is 0. The predicted molar refractivity (Wildman–Crippen MR) is 109 cm³/mol. The van der Waals surface area contributed by atoms with E-state index >= 15 is 0 Å². The van der Waals surface area contributed by atoms with Gasteiger partial charge in [0.05, 0.1) is 4.90 Å². The minimum absolute atomic E-state index is 0.164. The van der Waals surface area contributed by atoms with Crippen molar-refractivity contribution in [2.24, 2.45) is 0 Å². The number of aryl methyl sites for hydroxylation is 3. The van der Waals surface area contributed by atoms with Crippen molar-refractivity contribution in [3.63, 3.8) is 0 Å². The second kappa shape index (κ2) is 8.87. The highest BCUT2D eigenvalue weighted by Gasteiger charge is 2.16. The molecule has 1 aliphatic heterocycles. The Morgan fingerprint density at radius 2 is 1.79 bits per heavy atom. The molecule has 2 aromatic rings. The Kier molecular flexibility index (Phi) is 6.51. The van der Waals surface area contributed by atoms with Crippen molar-refractivity contribution >= 4 is 15.8 Å². The standard InChI is InChI=1S/C20H28N4O3S/c1-15-7-8-18(13-16(15)2)28(25,26)21-9-12-27-20-14-19(22-17(3)23-20)24-10-5-4-6-11-24/h7-8,13-14,21H,4-6,9-12H2,1-3H3. The summed E-state index contributed by atoms with van der Waals surface area (Å²) in [6.07, 6.45) is 3.59. The molecule has 8 heteroatoms. The molecule has 1 saturated heterocycles. The number of nitrogens with one attached hydrogen (secondary N) is 1. The Morgan fingerprint density at radius 3 is 2.50 bits per heavy atom. The number of hydrogen-bond acceptors (Lipinski definition) is 6. The Labute approximate surface area is 167 Å². The average molecular weight is 405 g/mol. The second-order valence-corrected chi connectivity index (χ2v) is 8.92. The van der Waals surface area contributed by atoms with Gasteiger partial charge in [-0.2, -0.15) is 4.98 Å². The number of benzene rings is 1. The highest BCUT2D eigenvalue weighted by atomic mass is 32.2. The molecule has 0 saturated carbocycles. The van der Waals surface area contributed by atoms with E-state index in [0.29, 0.717) is 11.7 Å². The van der Waals surface area contributed by atoms with Crippen molar-refractivity contribution in [3.05, 3.63) is 41.2 Å². The van der Waals surface area contributed by atoms with Gasteiger partial charge in [-0.25, -0.2) is 18.1 Å². The molecular formula is C20H28N4O3S. The Bertz CT molecular complexity index is 925. The molecule has 152 valence electrons. The summed E-state index contributed by atoms with van der Waals surface area (Å²) in [7, 11) is -3.56. The van der Waals surface area contributed by atoms with Crippen molar-refractivity contribution in [2.45, 2.75) is 44.9 Å². The summed E-state index contributed by atoms with van der Waals surface area (Å²) in [6, 6.07) is 6.93. The maximum atomic E-state index is 12.4. The van der Waals surface area contributed by atoms with Crippen LogP contribution in [0.4, 0.5) is 5.82 Å². The number of piperidine rings is 1. The van der Waals surface area contributed by atoms with Crippen LogP contribution in [0.3, 0.4) is 0 Å². The largest absolute Gasteiger partial charge is 0.476 e. The second-order valence-electron chi connectivity index (χ2n) is 7.15. The summed E-state index contributed by atoms with van der Waals surface area (Å²) in [5.74, 6) is 1.99. The quantitative estimate of drug-likeness (QED) is 0.715. The fraction of sp³-hybridized carbons (Fsp3) is 0.500. The van der Waals surface area contributed by atoms with E-state index in [0.717, 1.165) is 30.0 Å². The number of anilines is 1. The summed E-state index contributed by atoms with van der Waals surface area (Å²) in [6.45, 7) is 8.03. The van der Waals surface area contributed by atoms with Gasteiger partial charge in [0, 0.05) is 25.7 Å². The molecule has 1 aromatic carbocycles. The van der Waals surface area contributed by atoms with Crippen molar-refractivity contribution in [1.29, 1.82) is 0 Å². The van der Waals surface area contributed by atoms with E-state index in [1.54, 1.807) is 12.1 Å². The molecule has 0 unspecified atom stereocenters. The van der Waals surface area contributed by atoms with Gasteiger partial charge in [-0.05, 0) is 63.3 Å². The van der Waals surface area contributed by atoms with E-state index < -0.39 is 10.0 Å². The van der Waals surface area contributed by atoms with E-state index in [1.165, 1.54) is 19.3 Å². The van der Waals surface area contributed by atoms with E-state index in [4.69, 9.17) is 4.74 Å². The van der Waals surface area contributed by atoms with Crippen LogP contribution in [0.1, 0.15) is 36.2 Å². The molecule has 1 aliphatic rings. The topological polar surface area (TPSA) is 84.4 Å². The van der Waals surface area contributed by atoms with Crippen LogP contribution >= 0.6 is 0 Å². The van der Waals surface area contributed by atoms with Crippen molar-refractivity contribution in [1.82, 2.24) is 14.7 Å². The molecule has 0 atom stereocenters. The molecular weight excluding hydrogens is 376 g/mol. The third-order valence-corrected chi connectivity index (χ3v) is 6.37. The lowest BCUT2D eigenvalue weighted by Gasteiger charge is -2.28. The molecule has 28 heavy (non-hydrogen) atoms. The number of ether oxygens (including phenoxy) is 1. The lowest BCUT2D eigenvalue weighted by Crippen LogP contribution is -2.30. The SMILES string of the molecule is Cc1nc(OCCNS(=O)(=O)c2ccc(C)c(C)c2)cc(N2CCCCC2)n1. The van der Waals surface area contributed by atoms with Gasteiger partial charge < -0.3 is 9.64 Å². The Balaban J connectivity index is 1.57. The third kappa shape index (κ3) is 5.20. The maximum absolute atomic E-state index is 12.4. The monoisotopic (exact) mass is 404 g/mol.